The number of amides is 1. The lowest BCUT2D eigenvalue weighted by atomic mass is 10.3. The van der Waals surface area contributed by atoms with Crippen molar-refractivity contribution < 1.29 is 4.79 Å². The van der Waals surface area contributed by atoms with Gasteiger partial charge in [-0.15, -0.1) is 0 Å². The van der Waals surface area contributed by atoms with Crippen LogP contribution in [0.5, 0.6) is 0 Å². The Balaban J connectivity index is 2.02. The van der Waals surface area contributed by atoms with Crippen LogP contribution in [0.25, 0.3) is 0 Å². The second kappa shape index (κ2) is 5.44. The summed E-state index contributed by atoms with van der Waals surface area (Å²) < 4.78 is 0. The molecule has 2 N–H and O–H groups in total. The van der Waals surface area contributed by atoms with Crippen LogP contribution in [0.4, 0.5) is 11.5 Å². The number of halogens is 1. The molecule has 6 heteroatoms. The number of pyridine rings is 1. The highest BCUT2D eigenvalue weighted by Crippen LogP contribution is 2.22. The number of aromatic nitrogens is 1. The van der Waals surface area contributed by atoms with Crippen molar-refractivity contribution in [1.29, 1.82) is 0 Å². The van der Waals surface area contributed by atoms with Gasteiger partial charge in [0.15, 0.2) is 5.82 Å². The second-order valence-electron chi connectivity index (χ2n) is 4.51. The van der Waals surface area contributed by atoms with E-state index in [-0.39, 0.29) is 5.91 Å². The lowest BCUT2D eigenvalue weighted by molar-refractivity contribution is -0.128. The molecule has 98 valence electrons. The van der Waals surface area contributed by atoms with Crippen LogP contribution in [0.2, 0.25) is 5.02 Å². The molecule has 0 aliphatic carbocycles. The third-order valence-corrected chi connectivity index (χ3v) is 3.26. The first-order valence-electron chi connectivity index (χ1n) is 5.98. The molecule has 1 aromatic rings. The van der Waals surface area contributed by atoms with Crippen LogP contribution in [0.1, 0.15) is 12.8 Å². The zero-order chi connectivity index (χ0) is 13.1. The maximum absolute atomic E-state index is 12.0. The predicted octanol–water partition coefficient (Wildman–Crippen LogP) is 1.38. The topological polar surface area (TPSA) is 62.5 Å². The number of likely N-dealkylation sites (N-methyl/N-ethyl adjacent to an activating group) is 1. The molecule has 5 nitrogen and oxygen atoms in total. The van der Waals surface area contributed by atoms with E-state index in [9.17, 15) is 4.79 Å². The van der Waals surface area contributed by atoms with E-state index in [1.165, 1.54) is 6.20 Å². The van der Waals surface area contributed by atoms with Gasteiger partial charge in [0.2, 0.25) is 5.91 Å². The maximum atomic E-state index is 12.0. The van der Waals surface area contributed by atoms with Crippen LogP contribution in [-0.4, -0.2) is 42.5 Å². The molecule has 0 saturated carbocycles. The van der Waals surface area contributed by atoms with Crippen molar-refractivity contribution in [2.24, 2.45) is 0 Å². The van der Waals surface area contributed by atoms with Crippen LogP contribution >= 0.6 is 11.6 Å². The van der Waals surface area contributed by atoms with Crippen molar-refractivity contribution in [2.75, 3.05) is 37.3 Å². The van der Waals surface area contributed by atoms with Gasteiger partial charge >= 0.3 is 0 Å². The molecule has 1 aliphatic rings. The Kier molecular flexibility index (Phi) is 3.91. The molecule has 1 aliphatic heterocycles. The van der Waals surface area contributed by atoms with Crippen molar-refractivity contribution in [3.63, 3.8) is 0 Å². The second-order valence-corrected chi connectivity index (χ2v) is 4.95. The molecule has 0 unspecified atom stereocenters. The molecule has 1 aromatic heterocycles. The number of hydrogen-bond acceptors (Lipinski definition) is 4. The van der Waals surface area contributed by atoms with E-state index >= 15 is 0 Å². The predicted molar refractivity (Wildman–Crippen MR) is 72.7 cm³/mol. The Morgan fingerprint density at radius 2 is 2.22 bits per heavy atom. The van der Waals surface area contributed by atoms with E-state index < -0.39 is 0 Å². The molecule has 0 radical (unpaired) electrons. The highest BCUT2D eigenvalue weighted by atomic mass is 35.5. The van der Waals surface area contributed by atoms with Gasteiger partial charge in [-0.3, -0.25) is 4.79 Å². The molecule has 0 atom stereocenters. The Morgan fingerprint density at radius 1 is 1.56 bits per heavy atom. The van der Waals surface area contributed by atoms with Gasteiger partial charge < -0.3 is 15.5 Å². The number of nitrogens with zero attached hydrogens (tertiary/aromatic N) is 3. The Hall–Kier alpha value is -1.49. The zero-order valence-corrected chi connectivity index (χ0v) is 11.2. The van der Waals surface area contributed by atoms with Gasteiger partial charge in [-0.25, -0.2) is 4.98 Å². The minimum absolute atomic E-state index is 0.117. The molecular formula is C12H17ClN4O. The number of anilines is 2. The van der Waals surface area contributed by atoms with Crippen LogP contribution in [0, 0.1) is 0 Å². The minimum atomic E-state index is 0.117. The Labute approximate surface area is 112 Å². The summed E-state index contributed by atoms with van der Waals surface area (Å²) in [4.78, 5) is 19.8. The Morgan fingerprint density at radius 3 is 2.83 bits per heavy atom. The third kappa shape index (κ3) is 2.85. The lowest BCUT2D eigenvalue weighted by Gasteiger charge is -2.22. The first-order valence-corrected chi connectivity index (χ1v) is 6.35. The number of carbonyl (C=O) groups excluding carboxylic acids is 1. The van der Waals surface area contributed by atoms with Crippen molar-refractivity contribution in [2.45, 2.75) is 12.8 Å². The number of carbonyl (C=O) groups is 1. The van der Waals surface area contributed by atoms with E-state index in [4.69, 9.17) is 17.3 Å². The summed E-state index contributed by atoms with van der Waals surface area (Å²) in [5.74, 6) is 0.707. The molecule has 1 saturated heterocycles. The van der Waals surface area contributed by atoms with E-state index in [1.54, 1.807) is 18.0 Å². The average molecular weight is 269 g/mol. The molecular weight excluding hydrogens is 252 g/mol. The van der Waals surface area contributed by atoms with Gasteiger partial charge in [0.1, 0.15) is 0 Å². The summed E-state index contributed by atoms with van der Waals surface area (Å²) in [6, 6.07) is 1.64. The summed E-state index contributed by atoms with van der Waals surface area (Å²) in [6.45, 7) is 2.01. The highest BCUT2D eigenvalue weighted by molar-refractivity contribution is 6.30. The fourth-order valence-corrected chi connectivity index (χ4v) is 2.28. The standard InChI is InChI=1S/C12H17ClN4O/c1-16(8-11(18)17-4-2-3-5-17)12-10(14)6-9(13)7-15-12/h6-7H,2-5,8,14H2,1H3. The summed E-state index contributed by atoms with van der Waals surface area (Å²) in [7, 11) is 1.81. The number of rotatable bonds is 3. The monoisotopic (exact) mass is 268 g/mol. The summed E-state index contributed by atoms with van der Waals surface area (Å²) in [6.07, 6.45) is 3.72. The SMILES string of the molecule is CN(CC(=O)N1CCCC1)c1ncc(Cl)cc1N. The largest absolute Gasteiger partial charge is 0.396 e. The van der Waals surface area contributed by atoms with Crippen LogP contribution in [0.15, 0.2) is 12.3 Å². The van der Waals surface area contributed by atoms with Crippen molar-refractivity contribution in [3.05, 3.63) is 17.3 Å². The van der Waals surface area contributed by atoms with E-state index in [2.05, 4.69) is 4.98 Å². The molecule has 1 fully saturated rings. The molecule has 0 bridgehead atoms. The average Bonchev–Trinajstić information content (AvgIpc) is 2.81. The minimum Gasteiger partial charge on any atom is -0.396 e. The fraction of sp³-hybridized carbons (Fsp3) is 0.500. The maximum Gasteiger partial charge on any atom is 0.242 e. The molecule has 1 amide bonds. The first-order chi connectivity index (χ1) is 8.58. The van der Waals surface area contributed by atoms with Crippen molar-refractivity contribution in [3.8, 4) is 0 Å². The third-order valence-electron chi connectivity index (χ3n) is 3.05. The van der Waals surface area contributed by atoms with Crippen molar-refractivity contribution in [1.82, 2.24) is 9.88 Å². The highest BCUT2D eigenvalue weighted by Gasteiger charge is 2.20. The van der Waals surface area contributed by atoms with E-state index in [0.29, 0.717) is 23.1 Å². The summed E-state index contributed by atoms with van der Waals surface area (Å²) in [5.41, 5.74) is 6.32. The zero-order valence-electron chi connectivity index (χ0n) is 10.4. The first kappa shape index (κ1) is 13.0. The molecule has 0 aromatic carbocycles. The molecule has 2 rings (SSSR count). The van der Waals surface area contributed by atoms with Gasteiger partial charge in [0.25, 0.3) is 0 Å². The molecule has 18 heavy (non-hydrogen) atoms. The van der Waals surface area contributed by atoms with Crippen LogP contribution < -0.4 is 10.6 Å². The molecule has 2 heterocycles. The van der Waals surface area contributed by atoms with Crippen LogP contribution in [-0.2, 0) is 4.79 Å². The number of nitrogen functional groups attached to an aromatic ring is 1. The van der Waals surface area contributed by atoms with Gasteiger partial charge in [-0.2, -0.15) is 0 Å². The number of likely N-dealkylation sites (tertiary alicyclic amines) is 1. The van der Waals surface area contributed by atoms with Crippen LogP contribution in [0.3, 0.4) is 0 Å². The summed E-state index contributed by atoms with van der Waals surface area (Å²) >= 11 is 5.79. The number of nitrogens with two attached hydrogens (primary N) is 1. The lowest BCUT2D eigenvalue weighted by Crippen LogP contribution is -2.37. The Bertz CT molecular complexity index is 446. The normalized spacial score (nSPS) is 14.9. The van der Waals surface area contributed by atoms with Gasteiger partial charge in [-0.05, 0) is 18.9 Å². The van der Waals surface area contributed by atoms with E-state index in [0.717, 1.165) is 25.9 Å². The fourth-order valence-electron chi connectivity index (χ4n) is 2.11. The molecule has 0 spiro atoms. The van der Waals surface area contributed by atoms with Crippen molar-refractivity contribution >= 4 is 29.0 Å². The van der Waals surface area contributed by atoms with Gasteiger partial charge in [0.05, 0.1) is 17.3 Å². The van der Waals surface area contributed by atoms with Gasteiger partial charge in [-0.1, -0.05) is 11.6 Å². The number of hydrogen-bond donors (Lipinski definition) is 1. The quantitative estimate of drug-likeness (QED) is 0.900. The van der Waals surface area contributed by atoms with Gasteiger partial charge in [0, 0.05) is 26.3 Å². The van der Waals surface area contributed by atoms with E-state index in [1.807, 2.05) is 4.90 Å². The smallest absolute Gasteiger partial charge is 0.242 e. The summed E-state index contributed by atoms with van der Waals surface area (Å²) in [5, 5.41) is 0.496.